The molecule has 0 aliphatic carbocycles. The average Bonchev–Trinajstić information content (AvgIpc) is 2.09. The summed E-state index contributed by atoms with van der Waals surface area (Å²) in [5.74, 6) is -1.39. The fraction of sp³-hybridized carbons (Fsp3) is 0.250. The molecule has 0 amide bonds. The van der Waals surface area contributed by atoms with Gasteiger partial charge in [0.1, 0.15) is 0 Å². The van der Waals surface area contributed by atoms with Crippen LogP contribution in [0.25, 0.3) is 0 Å². The van der Waals surface area contributed by atoms with E-state index in [-0.39, 0.29) is 17.9 Å². The highest BCUT2D eigenvalue weighted by molar-refractivity contribution is 5.94. The third-order valence-electron chi connectivity index (χ3n) is 1.40. The molecule has 0 atom stereocenters. The molecule has 0 saturated carbocycles. The van der Waals surface area contributed by atoms with Gasteiger partial charge >= 0.3 is 5.97 Å². The third kappa shape index (κ3) is 2.14. The topological polar surface area (TPSA) is 65.2 Å². The first-order chi connectivity index (χ1) is 6.15. The van der Waals surface area contributed by atoms with Crippen LogP contribution in [0.4, 0.5) is 10.1 Å². The molecule has 4 nitrogen and oxygen atoms in total. The maximum absolute atomic E-state index is 12.6. The smallest absolute Gasteiger partial charge is 0.340 e. The van der Waals surface area contributed by atoms with Gasteiger partial charge in [-0.1, -0.05) is 0 Å². The van der Waals surface area contributed by atoms with Gasteiger partial charge in [-0.3, -0.25) is 0 Å². The Hall–Kier alpha value is -1.65. The SMILES string of the molecule is CCOC(=O)c1cc(F)ncc1N. The van der Waals surface area contributed by atoms with E-state index in [1.54, 1.807) is 6.92 Å². The first-order valence-electron chi connectivity index (χ1n) is 3.73. The van der Waals surface area contributed by atoms with Gasteiger partial charge in [0.15, 0.2) is 0 Å². The molecule has 0 fully saturated rings. The minimum Gasteiger partial charge on any atom is -0.462 e. The van der Waals surface area contributed by atoms with Crippen LogP contribution < -0.4 is 5.73 Å². The summed E-state index contributed by atoms with van der Waals surface area (Å²) < 4.78 is 17.2. The third-order valence-corrected chi connectivity index (χ3v) is 1.40. The van der Waals surface area contributed by atoms with Crippen molar-refractivity contribution < 1.29 is 13.9 Å². The zero-order chi connectivity index (χ0) is 9.84. The van der Waals surface area contributed by atoms with Gasteiger partial charge in [0.2, 0.25) is 5.95 Å². The molecule has 70 valence electrons. The summed E-state index contributed by atoms with van der Waals surface area (Å²) in [7, 11) is 0. The lowest BCUT2D eigenvalue weighted by atomic mass is 10.2. The second-order valence-corrected chi connectivity index (χ2v) is 2.31. The summed E-state index contributed by atoms with van der Waals surface area (Å²) in [5.41, 5.74) is 5.51. The number of nitrogen functional groups attached to an aromatic ring is 1. The Balaban J connectivity index is 2.99. The molecule has 0 radical (unpaired) electrons. The number of carbonyl (C=O) groups excluding carboxylic acids is 1. The van der Waals surface area contributed by atoms with Crippen LogP contribution in [0, 0.1) is 5.95 Å². The first-order valence-corrected chi connectivity index (χ1v) is 3.73. The van der Waals surface area contributed by atoms with E-state index in [9.17, 15) is 9.18 Å². The predicted octanol–water partition coefficient (Wildman–Crippen LogP) is 0.980. The molecular formula is C8H9FN2O2. The average molecular weight is 184 g/mol. The van der Waals surface area contributed by atoms with Crippen LogP contribution >= 0.6 is 0 Å². The van der Waals surface area contributed by atoms with Crippen LogP contribution in [0.15, 0.2) is 12.3 Å². The van der Waals surface area contributed by atoms with Crippen molar-refractivity contribution in [1.82, 2.24) is 4.98 Å². The van der Waals surface area contributed by atoms with Crippen molar-refractivity contribution in [3.05, 3.63) is 23.8 Å². The summed E-state index contributed by atoms with van der Waals surface area (Å²) in [4.78, 5) is 14.4. The summed E-state index contributed by atoms with van der Waals surface area (Å²) in [5, 5.41) is 0. The standard InChI is InChI=1S/C8H9FN2O2/c1-2-13-8(12)5-3-7(9)11-4-6(5)10/h3-4H,2,10H2,1H3. The van der Waals surface area contributed by atoms with Crippen LogP contribution in [0.5, 0.6) is 0 Å². The molecule has 1 rings (SSSR count). The highest BCUT2D eigenvalue weighted by Gasteiger charge is 2.11. The molecule has 0 bridgehead atoms. The number of esters is 1. The highest BCUT2D eigenvalue weighted by Crippen LogP contribution is 2.11. The summed E-state index contributed by atoms with van der Waals surface area (Å²) in [6.45, 7) is 1.88. The van der Waals surface area contributed by atoms with Crippen LogP contribution in [0.2, 0.25) is 0 Å². The Morgan fingerprint density at radius 3 is 3.08 bits per heavy atom. The number of hydrogen-bond donors (Lipinski definition) is 1. The van der Waals surface area contributed by atoms with Gasteiger partial charge in [-0.2, -0.15) is 4.39 Å². The molecule has 1 heterocycles. The Morgan fingerprint density at radius 2 is 2.46 bits per heavy atom. The number of nitrogens with zero attached hydrogens (tertiary/aromatic N) is 1. The molecule has 0 spiro atoms. The Kier molecular flexibility index (Phi) is 2.79. The number of hydrogen-bond acceptors (Lipinski definition) is 4. The van der Waals surface area contributed by atoms with Gasteiger partial charge in [-0.05, 0) is 6.92 Å². The van der Waals surface area contributed by atoms with Crippen molar-refractivity contribution in [2.45, 2.75) is 6.92 Å². The zero-order valence-corrected chi connectivity index (χ0v) is 7.08. The first kappa shape index (κ1) is 9.44. The van der Waals surface area contributed by atoms with Gasteiger partial charge in [-0.25, -0.2) is 9.78 Å². The van der Waals surface area contributed by atoms with Crippen molar-refractivity contribution in [2.24, 2.45) is 0 Å². The lowest BCUT2D eigenvalue weighted by Gasteiger charge is -2.03. The summed E-state index contributed by atoms with van der Waals surface area (Å²) in [6.07, 6.45) is 1.08. The van der Waals surface area contributed by atoms with Gasteiger partial charge in [0, 0.05) is 6.07 Å². The Labute approximate surface area is 74.5 Å². The molecular weight excluding hydrogens is 175 g/mol. The molecule has 5 heteroatoms. The number of carbonyl (C=O) groups is 1. The fourth-order valence-corrected chi connectivity index (χ4v) is 0.826. The van der Waals surface area contributed by atoms with Crippen molar-refractivity contribution in [2.75, 3.05) is 12.3 Å². The quantitative estimate of drug-likeness (QED) is 0.549. The van der Waals surface area contributed by atoms with Gasteiger partial charge in [0.05, 0.1) is 24.1 Å². The molecule has 1 aromatic rings. The van der Waals surface area contributed by atoms with Crippen LogP contribution in [-0.2, 0) is 4.74 Å². The Bertz CT molecular complexity index is 328. The lowest BCUT2D eigenvalue weighted by molar-refractivity contribution is 0.0527. The zero-order valence-electron chi connectivity index (χ0n) is 7.08. The minimum absolute atomic E-state index is 0.00866. The molecule has 0 aliphatic heterocycles. The summed E-state index contributed by atoms with van der Waals surface area (Å²) >= 11 is 0. The maximum Gasteiger partial charge on any atom is 0.340 e. The van der Waals surface area contributed by atoms with Crippen molar-refractivity contribution in [1.29, 1.82) is 0 Å². The van der Waals surface area contributed by atoms with E-state index in [1.807, 2.05) is 0 Å². The fourth-order valence-electron chi connectivity index (χ4n) is 0.826. The van der Waals surface area contributed by atoms with E-state index in [4.69, 9.17) is 5.73 Å². The van der Waals surface area contributed by atoms with Gasteiger partial charge < -0.3 is 10.5 Å². The van der Waals surface area contributed by atoms with E-state index in [0.29, 0.717) is 0 Å². The van der Waals surface area contributed by atoms with E-state index in [2.05, 4.69) is 9.72 Å². The van der Waals surface area contributed by atoms with Crippen molar-refractivity contribution in [3.63, 3.8) is 0 Å². The Morgan fingerprint density at radius 1 is 1.77 bits per heavy atom. The van der Waals surface area contributed by atoms with Crippen LogP contribution in [0.1, 0.15) is 17.3 Å². The number of ether oxygens (including phenoxy) is 1. The van der Waals surface area contributed by atoms with Crippen LogP contribution in [0.3, 0.4) is 0 Å². The second kappa shape index (κ2) is 3.84. The number of rotatable bonds is 2. The van der Waals surface area contributed by atoms with Crippen molar-refractivity contribution in [3.8, 4) is 0 Å². The number of halogens is 1. The highest BCUT2D eigenvalue weighted by atomic mass is 19.1. The summed E-state index contributed by atoms with van der Waals surface area (Å²) in [6, 6.07) is 0.952. The minimum atomic E-state index is -0.753. The molecule has 1 aromatic heterocycles. The molecule has 0 saturated heterocycles. The van der Waals surface area contributed by atoms with E-state index >= 15 is 0 Å². The van der Waals surface area contributed by atoms with Gasteiger partial charge in [0.25, 0.3) is 0 Å². The molecule has 0 aromatic carbocycles. The maximum atomic E-state index is 12.6. The van der Waals surface area contributed by atoms with E-state index in [1.165, 1.54) is 0 Å². The predicted molar refractivity (Wildman–Crippen MR) is 44.6 cm³/mol. The van der Waals surface area contributed by atoms with Crippen molar-refractivity contribution >= 4 is 11.7 Å². The molecule has 0 aliphatic rings. The van der Waals surface area contributed by atoms with E-state index in [0.717, 1.165) is 12.3 Å². The number of pyridine rings is 1. The van der Waals surface area contributed by atoms with Crippen LogP contribution in [-0.4, -0.2) is 17.6 Å². The molecule has 0 unspecified atom stereocenters. The lowest BCUT2D eigenvalue weighted by Crippen LogP contribution is -2.09. The molecule has 2 N–H and O–H groups in total. The number of anilines is 1. The largest absolute Gasteiger partial charge is 0.462 e. The monoisotopic (exact) mass is 184 g/mol. The van der Waals surface area contributed by atoms with E-state index < -0.39 is 11.9 Å². The van der Waals surface area contributed by atoms with Gasteiger partial charge in [-0.15, -0.1) is 0 Å². The number of aromatic nitrogens is 1. The normalized spacial score (nSPS) is 9.69. The number of nitrogens with two attached hydrogens (primary N) is 1. The molecule has 13 heavy (non-hydrogen) atoms. The second-order valence-electron chi connectivity index (χ2n) is 2.31.